The Labute approximate surface area is 110 Å². The summed E-state index contributed by atoms with van der Waals surface area (Å²) in [5, 5.41) is 4.41. The third-order valence-corrected chi connectivity index (χ3v) is 3.99. The molecule has 18 heavy (non-hydrogen) atoms. The molecule has 2 rings (SSSR count). The molecule has 1 aromatic heterocycles. The van der Waals surface area contributed by atoms with E-state index in [1.807, 2.05) is 17.8 Å². The van der Waals surface area contributed by atoms with Crippen LogP contribution in [0.5, 0.6) is 0 Å². The van der Waals surface area contributed by atoms with Gasteiger partial charge in [-0.1, -0.05) is 0 Å². The van der Waals surface area contributed by atoms with Crippen LogP contribution in [0, 0.1) is 6.92 Å². The van der Waals surface area contributed by atoms with E-state index in [4.69, 9.17) is 9.31 Å². The van der Waals surface area contributed by atoms with Crippen LogP contribution in [-0.4, -0.2) is 28.1 Å². The Bertz CT molecular complexity index is 436. The lowest BCUT2D eigenvalue weighted by atomic mass is 9.81. The van der Waals surface area contributed by atoms with E-state index >= 15 is 0 Å². The first-order valence-corrected chi connectivity index (χ1v) is 6.55. The summed E-state index contributed by atoms with van der Waals surface area (Å²) in [7, 11) is -0.333. The molecule has 0 aliphatic carbocycles. The van der Waals surface area contributed by atoms with Crippen LogP contribution in [0.1, 0.15) is 53.1 Å². The number of aryl methyl sites for hydroxylation is 1. The normalized spacial score (nSPS) is 21.9. The zero-order chi connectivity index (χ0) is 13.7. The third kappa shape index (κ3) is 1.99. The minimum absolute atomic E-state index is 0.299. The van der Waals surface area contributed by atoms with Crippen LogP contribution in [0.3, 0.4) is 0 Å². The van der Waals surface area contributed by atoms with Crippen LogP contribution in [0.2, 0.25) is 0 Å². The van der Waals surface area contributed by atoms with Crippen molar-refractivity contribution in [2.24, 2.45) is 0 Å². The average Bonchev–Trinajstić information content (AvgIpc) is 2.66. The van der Waals surface area contributed by atoms with Gasteiger partial charge < -0.3 is 9.31 Å². The molecule has 0 unspecified atom stereocenters. The topological polar surface area (TPSA) is 36.3 Å². The van der Waals surface area contributed by atoms with Crippen LogP contribution < -0.4 is 5.59 Å². The second-order valence-corrected chi connectivity index (χ2v) is 6.34. The lowest BCUT2D eigenvalue weighted by Crippen LogP contribution is -2.41. The molecule has 0 saturated carbocycles. The van der Waals surface area contributed by atoms with Crippen LogP contribution in [0.4, 0.5) is 0 Å². The summed E-state index contributed by atoms with van der Waals surface area (Å²) in [4.78, 5) is 0. The smallest absolute Gasteiger partial charge is 0.398 e. The van der Waals surface area contributed by atoms with E-state index in [0.29, 0.717) is 6.04 Å². The van der Waals surface area contributed by atoms with E-state index in [1.165, 1.54) is 0 Å². The molecular formula is C13H23BN2O2. The predicted octanol–water partition coefficient (Wildman–Crippen LogP) is 2.07. The molecule has 0 aromatic carbocycles. The van der Waals surface area contributed by atoms with Gasteiger partial charge in [-0.3, -0.25) is 4.68 Å². The molecule has 4 nitrogen and oxygen atoms in total. The SMILES string of the molecule is Cc1cnn(C(C)C)c1B1OC(C)(C)C(C)(C)O1. The molecule has 0 spiro atoms. The van der Waals surface area contributed by atoms with Crippen molar-refractivity contribution in [2.75, 3.05) is 0 Å². The van der Waals surface area contributed by atoms with Crippen molar-refractivity contribution in [2.45, 2.75) is 65.7 Å². The Morgan fingerprint density at radius 3 is 2.11 bits per heavy atom. The fourth-order valence-corrected chi connectivity index (χ4v) is 2.12. The minimum Gasteiger partial charge on any atom is -0.398 e. The van der Waals surface area contributed by atoms with E-state index in [9.17, 15) is 0 Å². The summed E-state index contributed by atoms with van der Waals surface area (Å²) in [5.41, 5.74) is 1.53. The Morgan fingerprint density at radius 2 is 1.67 bits per heavy atom. The van der Waals surface area contributed by atoms with Crippen molar-refractivity contribution in [3.05, 3.63) is 11.8 Å². The van der Waals surface area contributed by atoms with E-state index in [-0.39, 0.29) is 18.3 Å². The van der Waals surface area contributed by atoms with E-state index in [2.05, 4.69) is 46.6 Å². The highest BCUT2D eigenvalue weighted by Crippen LogP contribution is 2.36. The van der Waals surface area contributed by atoms with Gasteiger partial charge in [0.25, 0.3) is 0 Å². The number of rotatable bonds is 2. The fourth-order valence-electron chi connectivity index (χ4n) is 2.12. The fraction of sp³-hybridized carbons (Fsp3) is 0.769. The number of aromatic nitrogens is 2. The van der Waals surface area contributed by atoms with Crippen LogP contribution in [0.15, 0.2) is 6.20 Å². The van der Waals surface area contributed by atoms with E-state index < -0.39 is 0 Å². The summed E-state index contributed by atoms with van der Waals surface area (Å²) in [6.07, 6.45) is 1.88. The maximum atomic E-state index is 6.10. The first-order chi connectivity index (χ1) is 8.16. The second-order valence-electron chi connectivity index (χ2n) is 6.34. The van der Waals surface area contributed by atoms with Crippen molar-refractivity contribution < 1.29 is 9.31 Å². The lowest BCUT2D eigenvalue weighted by molar-refractivity contribution is 0.00578. The molecule has 0 atom stereocenters. The molecule has 1 fully saturated rings. The van der Waals surface area contributed by atoms with Gasteiger partial charge >= 0.3 is 7.12 Å². The number of hydrogen-bond acceptors (Lipinski definition) is 3. The Kier molecular flexibility index (Phi) is 3.10. The molecule has 0 radical (unpaired) electrons. The maximum absolute atomic E-state index is 6.10. The molecule has 0 N–H and O–H groups in total. The van der Waals surface area contributed by atoms with Gasteiger partial charge in [0.2, 0.25) is 0 Å². The Hall–Kier alpha value is -0.805. The second kappa shape index (κ2) is 4.10. The zero-order valence-corrected chi connectivity index (χ0v) is 12.4. The van der Waals surface area contributed by atoms with Crippen molar-refractivity contribution >= 4 is 12.7 Å². The monoisotopic (exact) mass is 250 g/mol. The zero-order valence-electron chi connectivity index (χ0n) is 12.4. The van der Waals surface area contributed by atoms with Crippen LogP contribution in [-0.2, 0) is 9.31 Å². The van der Waals surface area contributed by atoms with Crippen molar-refractivity contribution in [1.82, 2.24) is 9.78 Å². The van der Waals surface area contributed by atoms with Gasteiger partial charge in [0, 0.05) is 6.04 Å². The van der Waals surface area contributed by atoms with Crippen LogP contribution >= 0.6 is 0 Å². The number of hydrogen-bond donors (Lipinski definition) is 0. The lowest BCUT2D eigenvalue weighted by Gasteiger charge is -2.32. The van der Waals surface area contributed by atoms with Gasteiger partial charge in [-0.25, -0.2) is 0 Å². The van der Waals surface area contributed by atoms with Crippen molar-refractivity contribution in [3.8, 4) is 0 Å². The highest BCUT2D eigenvalue weighted by molar-refractivity contribution is 6.61. The van der Waals surface area contributed by atoms with Crippen molar-refractivity contribution in [1.29, 1.82) is 0 Å². The predicted molar refractivity (Wildman–Crippen MR) is 73.1 cm³/mol. The minimum atomic E-state index is -0.333. The molecule has 1 saturated heterocycles. The van der Waals surface area contributed by atoms with Crippen LogP contribution in [0.25, 0.3) is 0 Å². The van der Waals surface area contributed by atoms with E-state index in [0.717, 1.165) is 11.2 Å². The Balaban J connectivity index is 2.38. The van der Waals surface area contributed by atoms with Gasteiger partial charge in [0.05, 0.1) is 23.0 Å². The summed E-state index contributed by atoms with van der Waals surface area (Å²) >= 11 is 0. The summed E-state index contributed by atoms with van der Waals surface area (Å²) in [5.74, 6) is 0. The van der Waals surface area contributed by atoms with Gasteiger partial charge in [0.15, 0.2) is 0 Å². The summed E-state index contributed by atoms with van der Waals surface area (Å²) in [6.45, 7) is 14.5. The molecule has 2 heterocycles. The molecule has 1 aliphatic heterocycles. The molecule has 0 amide bonds. The molecule has 100 valence electrons. The summed E-state index contributed by atoms with van der Waals surface area (Å²) < 4.78 is 14.2. The highest BCUT2D eigenvalue weighted by Gasteiger charge is 2.53. The molecule has 0 bridgehead atoms. The molecular weight excluding hydrogens is 227 g/mol. The van der Waals surface area contributed by atoms with Gasteiger partial charge in [-0.15, -0.1) is 0 Å². The maximum Gasteiger partial charge on any atom is 0.514 e. The highest BCUT2D eigenvalue weighted by atomic mass is 16.7. The van der Waals surface area contributed by atoms with Gasteiger partial charge in [-0.05, 0) is 54.0 Å². The molecule has 5 heteroatoms. The molecule has 1 aromatic rings. The summed E-state index contributed by atoms with van der Waals surface area (Å²) in [6, 6.07) is 0.299. The number of nitrogens with zero attached hydrogens (tertiary/aromatic N) is 2. The first kappa shape index (κ1) is 13.6. The van der Waals surface area contributed by atoms with E-state index in [1.54, 1.807) is 0 Å². The quantitative estimate of drug-likeness (QED) is 0.754. The first-order valence-electron chi connectivity index (χ1n) is 6.55. The van der Waals surface area contributed by atoms with Gasteiger partial charge in [0.1, 0.15) is 0 Å². The molecule has 1 aliphatic rings. The Morgan fingerprint density at radius 1 is 1.17 bits per heavy atom. The van der Waals surface area contributed by atoms with Crippen molar-refractivity contribution in [3.63, 3.8) is 0 Å². The average molecular weight is 250 g/mol. The largest absolute Gasteiger partial charge is 0.514 e. The standard InChI is InChI=1S/C13H23BN2O2/c1-9(2)16-11(10(3)8-15-16)14-17-12(4,5)13(6,7)18-14/h8-9H,1-7H3. The van der Waals surface area contributed by atoms with Gasteiger partial charge in [-0.2, -0.15) is 5.10 Å². The third-order valence-electron chi connectivity index (χ3n) is 3.99.